The molecule has 0 radical (unpaired) electrons. The van der Waals surface area contributed by atoms with E-state index < -0.39 is 0 Å². The highest BCUT2D eigenvalue weighted by molar-refractivity contribution is 5.52. The summed E-state index contributed by atoms with van der Waals surface area (Å²) in [7, 11) is 0. The number of anilines is 1. The Kier molecular flexibility index (Phi) is 3.88. The number of pyridine rings is 1. The van der Waals surface area contributed by atoms with Crippen LogP contribution in [0.25, 0.3) is 0 Å². The number of hydrogen-bond donors (Lipinski definition) is 1. The minimum absolute atomic E-state index is 0.0582. The van der Waals surface area contributed by atoms with Crippen LogP contribution in [-0.2, 0) is 6.61 Å². The number of aromatic nitrogens is 1. The third-order valence-electron chi connectivity index (χ3n) is 3.62. The van der Waals surface area contributed by atoms with Crippen LogP contribution in [0.1, 0.15) is 26.3 Å². The Morgan fingerprint density at radius 2 is 1.89 bits per heavy atom. The van der Waals surface area contributed by atoms with Crippen molar-refractivity contribution in [1.29, 1.82) is 0 Å². The number of piperazine rings is 1. The lowest BCUT2D eigenvalue weighted by Gasteiger charge is -2.43. The molecule has 18 heavy (non-hydrogen) atoms. The van der Waals surface area contributed by atoms with Crippen LogP contribution in [0, 0.1) is 0 Å². The SMILES string of the molecule is CC(C)(C)N1CCN(c2ccncc2CO)CC1. The molecule has 0 spiro atoms. The largest absolute Gasteiger partial charge is 0.392 e. The smallest absolute Gasteiger partial charge is 0.0717 e. The topological polar surface area (TPSA) is 39.6 Å². The van der Waals surface area contributed by atoms with Crippen molar-refractivity contribution in [3.05, 3.63) is 24.0 Å². The van der Waals surface area contributed by atoms with Gasteiger partial charge in [0.2, 0.25) is 0 Å². The average Bonchev–Trinajstić information content (AvgIpc) is 2.38. The maximum Gasteiger partial charge on any atom is 0.0717 e. The maximum atomic E-state index is 9.35. The average molecular weight is 249 g/mol. The fourth-order valence-corrected chi connectivity index (χ4v) is 2.47. The molecule has 2 rings (SSSR count). The van der Waals surface area contributed by atoms with E-state index in [0.29, 0.717) is 0 Å². The predicted molar refractivity (Wildman–Crippen MR) is 73.7 cm³/mol. The van der Waals surface area contributed by atoms with E-state index in [1.54, 1.807) is 12.4 Å². The van der Waals surface area contributed by atoms with Gasteiger partial charge < -0.3 is 10.0 Å². The minimum Gasteiger partial charge on any atom is -0.392 e. The second kappa shape index (κ2) is 5.24. The molecule has 0 bridgehead atoms. The quantitative estimate of drug-likeness (QED) is 0.862. The van der Waals surface area contributed by atoms with Gasteiger partial charge >= 0.3 is 0 Å². The Hall–Kier alpha value is -1.13. The van der Waals surface area contributed by atoms with Gasteiger partial charge in [-0.1, -0.05) is 0 Å². The second-order valence-corrected chi connectivity index (χ2v) is 5.81. The monoisotopic (exact) mass is 249 g/mol. The Morgan fingerprint density at radius 1 is 1.22 bits per heavy atom. The van der Waals surface area contributed by atoms with Gasteiger partial charge in [0.15, 0.2) is 0 Å². The fourth-order valence-electron chi connectivity index (χ4n) is 2.47. The molecule has 1 saturated heterocycles. The summed E-state index contributed by atoms with van der Waals surface area (Å²) in [5.41, 5.74) is 2.28. The number of aliphatic hydroxyl groups is 1. The molecule has 1 aromatic heterocycles. The normalized spacial score (nSPS) is 18.1. The van der Waals surface area contributed by atoms with E-state index >= 15 is 0 Å². The zero-order chi connectivity index (χ0) is 13.2. The molecule has 0 aromatic carbocycles. The first kappa shape index (κ1) is 13.3. The molecular weight excluding hydrogens is 226 g/mol. The van der Waals surface area contributed by atoms with E-state index in [1.165, 1.54) is 0 Å². The van der Waals surface area contributed by atoms with E-state index in [0.717, 1.165) is 37.4 Å². The van der Waals surface area contributed by atoms with E-state index in [4.69, 9.17) is 0 Å². The van der Waals surface area contributed by atoms with Gasteiger partial charge in [-0.3, -0.25) is 9.88 Å². The van der Waals surface area contributed by atoms with Crippen LogP contribution in [0.2, 0.25) is 0 Å². The highest BCUT2D eigenvalue weighted by Gasteiger charge is 2.26. The van der Waals surface area contributed by atoms with Crippen LogP contribution >= 0.6 is 0 Å². The van der Waals surface area contributed by atoms with Crippen LogP contribution in [0.5, 0.6) is 0 Å². The van der Waals surface area contributed by atoms with Crippen molar-refractivity contribution in [2.45, 2.75) is 32.9 Å². The lowest BCUT2D eigenvalue weighted by atomic mass is 10.0. The molecular formula is C14H23N3O. The van der Waals surface area contributed by atoms with E-state index in [1.807, 2.05) is 6.07 Å². The molecule has 4 nitrogen and oxygen atoms in total. The van der Waals surface area contributed by atoms with Crippen LogP contribution in [0.3, 0.4) is 0 Å². The molecule has 0 atom stereocenters. The molecule has 0 saturated carbocycles. The highest BCUT2D eigenvalue weighted by atomic mass is 16.3. The molecule has 1 N–H and O–H groups in total. The predicted octanol–water partition coefficient (Wildman–Crippen LogP) is 1.49. The van der Waals surface area contributed by atoms with E-state index in [-0.39, 0.29) is 12.1 Å². The zero-order valence-electron chi connectivity index (χ0n) is 11.6. The number of hydrogen-bond acceptors (Lipinski definition) is 4. The molecule has 1 aliphatic heterocycles. The minimum atomic E-state index is 0.0582. The summed E-state index contributed by atoms with van der Waals surface area (Å²) in [4.78, 5) is 8.91. The molecule has 0 unspecified atom stereocenters. The van der Waals surface area contributed by atoms with Crippen molar-refractivity contribution in [2.24, 2.45) is 0 Å². The molecule has 1 fully saturated rings. The molecule has 4 heteroatoms. The van der Waals surface area contributed by atoms with Gasteiger partial charge in [-0.05, 0) is 26.8 Å². The van der Waals surface area contributed by atoms with Crippen LogP contribution in [0.4, 0.5) is 5.69 Å². The van der Waals surface area contributed by atoms with Crippen molar-refractivity contribution in [3.8, 4) is 0 Å². The van der Waals surface area contributed by atoms with Crippen molar-refractivity contribution in [3.63, 3.8) is 0 Å². The van der Waals surface area contributed by atoms with Crippen LogP contribution < -0.4 is 4.90 Å². The van der Waals surface area contributed by atoms with Gasteiger partial charge in [0, 0.05) is 55.4 Å². The third-order valence-corrected chi connectivity index (χ3v) is 3.62. The van der Waals surface area contributed by atoms with Crippen molar-refractivity contribution < 1.29 is 5.11 Å². The summed E-state index contributed by atoms with van der Waals surface area (Å²) in [6, 6.07) is 2.00. The first-order valence-electron chi connectivity index (χ1n) is 6.56. The van der Waals surface area contributed by atoms with E-state index in [9.17, 15) is 5.11 Å². The molecule has 0 amide bonds. The number of rotatable bonds is 2. The molecule has 1 aromatic rings. The number of aliphatic hydroxyl groups excluding tert-OH is 1. The molecule has 2 heterocycles. The first-order chi connectivity index (χ1) is 8.52. The Morgan fingerprint density at radius 3 is 2.44 bits per heavy atom. The lowest BCUT2D eigenvalue weighted by Crippen LogP contribution is -2.53. The summed E-state index contributed by atoms with van der Waals surface area (Å²) >= 11 is 0. The van der Waals surface area contributed by atoms with E-state index in [2.05, 4.69) is 35.6 Å². The molecule has 1 aliphatic rings. The van der Waals surface area contributed by atoms with Crippen LogP contribution in [0.15, 0.2) is 18.5 Å². The van der Waals surface area contributed by atoms with Gasteiger partial charge in [-0.25, -0.2) is 0 Å². The first-order valence-corrected chi connectivity index (χ1v) is 6.56. The van der Waals surface area contributed by atoms with Crippen molar-refractivity contribution in [1.82, 2.24) is 9.88 Å². The Labute approximate surface area is 109 Å². The van der Waals surface area contributed by atoms with Gasteiger partial charge in [0.25, 0.3) is 0 Å². The molecule has 0 aliphatic carbocycles. The van der Waals surface area contributed by atoms with Crippen molar-refractivity contribution in [2.75, 3.05) is 31.1 Å². The van der Waals surface area contributed by atoms with Gasteiger partial charge in [-0.2, -0.15) is 0 Å². The highest BCUT2D eigenvalue weighted by Crippen LogP contribution is 2.23. The Bertz CT molecular complexity index is 392. The standard InChI is InChI=1S/C14H23N3O/c1-14(2,3)17-8-6-16(7-9-17)13-4-5-15-10-12(13)11-18/h4-5,10,18H,6-9,11H2,1-3H3. The molecule has 100 valence electrons. The van der Waals surface area contributed by atoms with Crippen molar-refractivity contribution >= 4 is 5.69 Å². The number of nitrogens with zero attached hydrogens (tertiary/aromatic N) is 3. The second-order valence-electron chi connectivity index (χ2n) is 5.81. The summed E-state index contributed by atoms with van der Waals surface area (Å²) in [6.07, 6.45) is 3.55. The zero-order valence-corrected chi connectivity index (χ0v) is 11.6. The summed E-state index contributed by atoms with van der Waals surface area (Å²) < 4.78 is 0. The van der Waals surface area contributed by atoms with Gasteiger partial charge in [-0.15, -0.1) is 0 Å². The van der Waals surface area contributed by atoms with Crippen LogP contribution in [-0.4, -0.2) is 46.7 Å². The summed E-state index contributed by atoms with van der Waals surface area (Å²) in [6.45, 7) is 11.0. The Balaban J connectivity index is 2.06. The summed E-state index contributed by atoms with van der Waals surface area (Å²) in [5, 5.41) is 9.35. The fraction of sp³-hybridized carbons (Fsp3) is 0.643. The van der Waals surface area contributed by atoms with Gasteiger partial charge in [0.05, 0.1) is 6.61 Å². The summed E-state index contributed by atoms with van der Waals surface area (Å²) in [5.74, 6) is 0. The lowest BCUT2D eigenvalue weighted by molar-refractivity contribution is 0.128. The maximum absolute atomic E-state index is 9.35. The third kappa shape index (κ3) is 2.82. The van der Waals surface area contributed by atoms with Gasteiger partial charge in [0.1, 0.15) is 0 Å².